The van der Waals surface area contributed by atoms with Crippen LogP contribution in [0.15, 0.2) is 36.4 Å². The predicted molar refractivity (Wildman–Crippen MR) is 102 cm³/mol. The van der Waals surface area contributed by atoms with Crippen molar-refractivity contribution in [2.24, 2.45) is 0 Å². The normalized spacial score (nSPS) is 11.6. The van der Waals surface area contributed by atoms with E-state index < -0.39 is 12.1 Å². The van der Waals surface area contributed by atoms with E-state index in [2.05, 4.69) is 5.32 Å². The van der Waals surface area contributed by atoms with Crippen molar-refractivity contribution in [3.8, 4) is 5.75 Å². The molecule has 138 valence electrons. The number of amides is 1. The summed E-state index contributed by atoms with van der Waals surface area (Å²) >= 11 is 0. The predicted octanol–water partition coefficient (Wildman–Crippen LogP) is 4.19. The average molecular weight is 355 g/mol. The van der Waals surface area contributed by atoms with Crippen molar-refractivity contribution in [2.75, 3.05) is 12.4 Å². The molecular weight excluding hydrogens is 330 g/mol. The molecule has 0 bridgehead atoms. The van der Waals surface area contributed by atoms with Crippen LogP contribution in [0.4, 0.5) is 5.69 Å². The Labute approximate surface area is 154 Å². The highest BCUT2D eigenvalue weighted by Crippen LogP contribution is 2.23. The van der Waals surface area contributed by atoms with E-state index in [9.17, 15) is 9.59 Å². The number of esters is 1. The molecule has 2 rings (SSSR count). The van der Waals surface area contributed by atoms with Crippen LogP contribution < -0.4 is 10.1 Å². The van der Waals surface area contributed by atoms with Gasteiger partial charge in [-0.25, -0.2) is 4.79 Å². The molecule has 5 heteroatoms. The van der Waals surface area contributed by atoms with E-state index in [0.717, 1.165) is 11.1 Å². The molecule has 1 N–H and O–H groups in total. The van der Waals surface area contributed by atoms with E-state index >= 15 is 0 Å². The summed E-state index contributed by atoms with van der Waals surface area (Å²) in [6, 6.07) is 11.0. The number of anilines is 1. The molecule has 0 radical (unpaired) electrons. The van der Waals surface area contributed by atoms with Gasteiger partial charge in [0, 0.05) is 5.69 Å². The Bertz CT molecular complexity index is 814. The number of nitrogens with one attached hydrogen (secondary N) is 1. The number of hydrogen-bond donors (Lipinski definition) is 1. The maximum atomic E-state index is 12.7. The van der Waals surface area contributed by atoms with Crippen LogP contribution in [0.2, 0.25) is 0 Å². The number of carbonyl (C=O) groups is 2. The van der Waals surface area contributed by atoms with E-state index in [1.807, 2.05) is 39.0 Å². The lowest BCUT2D eigenvalue weighted by atomic mass is 10.1. The van der Waals surface area contributed by atoms with Gasteiger partial charge in [0.05, 0.1) is 12.7 Å². The monoisotopic (exact) mass is 355 g/mol. The third-order valence-electron chi connectivity index (χ3n) is 4.27. The van der Waals surface area contributed by atoms with E-state index in [0.29, 0.717) is 29.0 Å². The molecule has 0 saturated carbocycles. The number of rotatable bonds is 6. The molecule has 0 aliphatic rings. The zero-order valence-corrected chi connectivity index (χ0v) is 15.9. The fraction of sp³-hybridized carbons (Fsp3) is 0.333. The van der Waals surface area contributed by atoms with Crippen molar-refractivity contribution in [3.05, 3.63) is 58.7 Å². The zero-order chi connectivity index (χ0) is 19.3. The van der Waals surface area contributed by atoms with Gasteiger partial charge in [0.2, 0.25) is 0 Å². The number of benzene rings is 2. The Morgan fingerprint density at radius 2 is 1.85 bits per heavy atom. The second-order valence-electron chi connectivity index (χ2n) is 6.24. The maximum absolute atomic E-state index is 12.7. The molecule has 0 spiro atoms. The van der Waals surface area contributed by atoms with Crippen molar-refractivity contribution in [1.29, 1.82) is 0 Å². The summed E-state index contributed by atoms with van der Waals surface area (Å²) in [4.78, 5) is 24.5. The zero-order valence-electron chi connectivity index (χ0n) is 15.9. The van der Waals surface area contributed by atoms with Gasteiger partial charge in [-0.1, -0.05) is 25.1 Å². The third kappa shape index (κ3) is 4.42. The summed E-state index contributed by atoms with van der Waals surface area (Å²) in [6.07, 6.45) is -0.105. The molecule has 2 aromatic carbocycles. The first kappa shape index (κ1) is 19.5. The fourth-order valence-corrected chi connectivity index (χ4v) is 2.63. The minimum atomic E-state index is -0.628. The largest absolute Gasteiger partial charge is 0.480 e. The van der Waals surface area contributed by atoms with E-state index in [4.69, 9.17) is 9.47 Å². The van der Waals surface area contributed by atoms with Crippen molar-refractivity contribution < 1.29 is 19.1 Å². The summed E-state index contributed by atoms with van der Waals surface area (Å²) in [7, 11) is 1.33. The molecule has 0 unspecified atom stereocenters. The SMILES string of the molecule is CC[C@H](Oc1cc(C)ccc1C)C(=O)Nc1cccc(C(=O)OC)c1C. The van der Waals surface area contributed by atoms with E-state index in [1.54, 1.807) is 25.1 Å². The number of methoxy groups -OCH3 is 1. The van der Waals surface area contributed by atoms with Gasteiger partial charge in [-0.15, -0.1) is 0 Å². The molecule has 0 fully saturated rings. The molecule has 5 nitrogen and oxygen atoms in total. The Hall–Kier alpha value is -2.82. The highest BCUT2D eigenvalue weighted by Gasteiger charge is 2.21. The quantitative estimate of drug-likeness (QED) is 0.789. The highest BCUT2D eigenvalue weighted by atomic mass is 16.5. The van der Waals surface area contributed by atoms with Crippen LogP contribution in [-0.2, 0) is 9.53 Å². The molecule has 0 saturated heterocycles. The van der Waals surface area contributed by atoms with Gasteiger partial charge < -0.3 is 14.8 Å². The van der Waals surface area contributed by atoms with Gasteiger partial charge in [-0.3, -0.25) is 4.79 Å². The molecule has 0 aromatic heterocycles. The molecule has 26 heavy (non-hydrogen) atoms. The molecule has 1 atom stereocenters. The van der Waals surface area contributed by atoms with Crippen molar-refractivity contribution in [1.82, 2.24) is 0 Å². The van der Waals surface area contributed by atoms with Crippen LogP contribution in [0.1, 0.15) is 40.4 Å². The molecule has 0 heterocycles. The van der Waals surface area contributed by atoms with Gasteiger partial charge in [0.25, 0.3) is 5.91 Å². The summed E-state index contributed by atoms with van der Waals surface area (Å²) < 4.78 is 10.7. The molecule has 0 aliphatic carbocycles. The summed E-state index contributed by atoms with van der Waals surface area (Å²) in [5.41, 5.74) is 3.71. The molecule has 0 aliphatic heterocycles. The first-order chi connectivity index (χ1) is 12.4. The lowest BCUT2D eigenvalue weighted by Gasteiger charge is -2.20. The summed E-state index contributed by atoms with van der Waals surface area (Å²) in [6.45, 7) is 7.60. The first-order valence-corrected chi connectivity index (χ1v) is 8.60. The highest BCUT2D eigenvalue weighted by molar-refractivity contribution is 5.98. The fourth-order valence-electron chi connectivity index (χ4n) is 2.63. The van der Waals surface area contributed by atoms with Crippen molar-refractivity contribution in [3.63, 3.8) is 0 Å². The van der Waals surface area contributed by atoms with Gasteiger partial charge in [0.1, 0.15) is 5.75 Å². The topological polar surface area (TPSA) is 64.6 Å². The molecular formula is C21H25NO4. The first-order valence-electron chi connectivity index (χ1n) is 8.60. The minimum absolute atomic E-state index is 0.251. The van der Waals surface area contributed by atoms with Crippen LogP contribution >= 0.6 is 0 Å². The second kappa shape index (κ2) is 8.52. The maximum Gasteiger partial charge on any atom is 0.338 e. The van der Waals surface area contributed by atoms with Crippen molar-refractivity contribution in [2.45, 2.75) is 40.2 Å². The number of aryl methyl sites for hydroxylation is 2. The van der Waals surface area contributed by atoms with E-state index in [-0.39, 0.29) is 5.91 Å². The standard InChI is InChI=1S/C21H25NO4/c1-6-18(26-19-12-13(2)10-11-14(19)3)20(23)22-17-9-7-8-16(15(17)4)21(24)25-5/h7-12,18H,6H2,1-5H3,(H,22,23)/t18-/m0/s1. The Morgan fingerprint density at radius 1 is 1.12 bits per heavy atom. The van der Waals surface area contributed by atoms with Gasteiger partial charge in [-0.2, -0.15) is 0 Å². The van der Waals surface area contributed by atoms with Gasteiger partial charge in [-0.05, 0) is 62.1 Å². The van der Waals surface area contributed by atoms with Crippen LogP contribution in [0.5, 0.6) is 5.75 Å². The Kier molecular flexibility index (Phi) is 6.39. The van der Waals surface area contributed by atoms with Crippen LogP contribution in [-0.4, -0.2) is 25.1 Å². The average Bonchev–Trinajstić information content (AvgIpc) is 2.63. The number of ether oxygens (including phenoxy) is 2. The minimum Gasteiger partial charge on any atom is -0.480 e. The lowest BCUT2D eigenvalue weighted by Crippen LogP contribution is -2.33. The summed E-state index contributed by atoms with van der Waals surface area (Å²) in [5.74, 6) is 0.0165. The smallest absolute Gasteiger partial charge is 0.338 e. The lowest BCUT2D eigenvalue weighted by molar-refractivity contribution is -0.122. The second-order valence-corrected chi connectivity index (χ2v) is 6.24. The molecule has 1 amide bonds. The van der Waals surface area contributed by atoms with Crippen molar-refractivity contribution >= 4 is 17.6 Å². The van der Waals surface area contributed by atoms with E-state index in [1.165, 1.54) is 7.11 Å². The van der Waals surface area contributed by atoms with Gasteiger partial charge >= 0.3 is 5.97 Å². The Morgan fingerprint density at radius 3 is 2.50 bits per heavy atom. The number of carbonyl (C=O) groups excluding carboxylic acids is 2. The third-order valence-corrected chi connectivity index (χ3v) is 4.27. The molecule has 2 aromatic rings. The number of hydrogen-bond acceptors (Lipinski definition) is 4. The van der Waals surface area contributed by atoms with Gasteiger partial charge in [0.15, 0.2) is 6.10 Å². The summed E-state index contributed by atoms with van der Waals surface area (Å²) in [5, 5.41) is 2.86. The van der Waals surface area contributed by atoms with Crippen LogP contribution in [0, 0.1) is 20.8 Å². The van der Waals surface area contributed by atoms with Crippen LogP contribution in [0.25, 0.3) is 0 Å². The van der Waals surface area contributed by atoms with Crippen LogP contribution in [0.3, 0.4) is 0 Å². The Balaban J connectivity index is 2.19.